The third-order valence-corrected chi connectivity index (χ3v) is 3.83. The lowest BCUT2D eigenvalue weighted by molar-refractivity contribution is 0.263. The molecule has 18 heavy (non-hydrogen) atoms. The van der Waals surface area contributed by atoms with Crippen LogP contribution in [0, 0.1) is 17.2 Å². The van der Waals surface area contributed by atoms with E-state index in [1.807, 2.05) is 4.90 Å². The van der Waals surface area contributed by atoms with Crippen molar-refractivity contribution in [2.24, 2.45) is 11.3 Å². The van der Waals surface area contributed by atoms with Gasteiger partial charge in [0.2, 0.25) is 0 Å². The molecule has 0 amide bonds. The van der Waals surface area contributed by atoms with Crippen LogP contribution in [0.5, 0.6) is 0 Å². The second-order valence-corrected chi connectivity index (χ2v) is 6.06. The van der Waals surface area contributed by atoms with Gasteiger partial charge in [-0.2, -0.15) is 0 Å². The molecule has 100 valence electrons. The van der Waals surface area contributed by atoms with Gasteiger partial charge < -0.3 is 10.0 Å². The molecule has 0 bridgehead atoms. The van der Waals surface area contributed by atoms with Gasteiger partial charge >= 0.3 is 0 Å². The van der Waals surface area contributed by atoms with Crippen molar-refractivity contribution in [1.82, 2.24) is 4.98 Å². The quantitative estimate of drug-likeness (QED) is 0.879. The molecule has 0 aliphatic carbocycles. The first kappa shape index (κ1) is 13.3. The van der Waals surface area contributed by atoms with Crippen LogP contribution in [0.1, 0.15) is 32.8 Å². The molecule has 1 atom stereocenters. The SMILES string of the molecule is CC(C)(C)C1CCN(c2nccc(CO)c2F)C1. The summed E-state index contributed by atoms with van der Waals surface area (Å²) in [6, 6.07) is 1.52. The maximum Gasteiger partial charge on any atom is 0.171 e. The van der Waals surface area contributed by atoms with E-state index in [9.17, 15) is 4.39 Å². The Labute approximate surface area is 108 Å². The second kappa shape index (κ2) is 4.84. The fraction of sp³-hybridized carbons (Fsp3) is 0.643. The summed E-state index contributed by atoms with van der Waals surface area (Å²) < 4.78 is 14.1. The molecule has 1 aromatic rings. The second-order valence-electron chi connectivity index (χ2n) is 6.06. The van der Waals surface area contributed by atoms with E-state index >= 15 is 0 Å². The Morgan fingerprint density at radius 1 is 1.50 bits per heavy atom. The van der Waals surface area contributed by atoms with E-state index in [4.69, 9.17) is 5.11 Å². The fourth-order valence-corrected chi connectivity index (χ4v) is 2.47. The average Bonchev–Trinajstić information content (AvgIpc) is 2.78. The maximum absolute atomic E-state index is 14.1. The molecule has 3 nitrogen and oxygen atoms in total. The molecule has 0 spiro atoms. The Hall–Kier alpha value is -1.16. The predicted octanol–water partition coefficient (Wildman–Crippen LogP) is 2.59. The summed E-state index contributed by atoms with van der Waals surface area (Å²) in [6.07, 6.45) is 2.63. The molecule has 1 aromatic heterocycles. The number of anilines is 1. The Morgan fingerprint density at radius 2 is 2.22 bits per heavy atom. The van der Waals surface area contributed by atoms with Crippen LogP contribution in [0.4, 0.5) is 10.2 Å². The molecule has 1 fully saturated rings. The number of nitrogens with zero attached hydrogens (tertiary/aromatic N) is 2. The van der Waals surface area contributed by atoms with Crippen LogP contribution >= 0.6 is 0 Å². The van der Waals surface area contributed by atoms with Crippen LogP contribution in [0.25, 0.3) is 0 Å². The molecule has 4 heteroatoms. The van der Waals surface area contributed by atoms with E-state index in [-0.39, 0.29) is 17.8 Å². The van der Waals surface area contributed by atoms with Crippen LogP contribution in [0.2, 0.25) is 0 Å². The van der Waals surface area contributed by atoms with Crippen molar-refractivity contribution < 1.29 is 9.50 Å². The molecule has 1 aliphatic heterocycles. The van der Waals surface area contributed by atoms with E-state index in [1.54, 1.807) is 6.20 Å². The number of aromatic nitrogens is 1. The Balaban J connectivity index is 2.20. The molecule has 1 aliphatic rings. The van der Waals surface area contributed by atoms with Gasteiger partial charge in [-0.15, -0.1) is 0 Å². The summed E-state index contributed by atoms with van der Waals surface area (Å²) in [5.74, 6) is 0.555. The van der Waals surface area contributed by atoms with Gasteiger partial charge in [0.1, 0.15) is 0 Å². The zero-order valence-electron chi connectivity index (χ0n) is 11.3. The summed E-state index contributed by atoms with van der Waals surface area (Å²) in [5.41, 5.74) is 0.555. The summed E-state index contributed by atoms with van der Waals surface area (Å²) in [6.45, 7) is 8.04. The topological polar surface area (TPSA) is 36.4 Å². The van der Waals surface area contributed by atoms with Gasteiger partial charge in [0.25, 0.3) is 0 Å². The van der Waals surface area contributed by atoms with Crippen molar-refractivity contribution in [3.8, 4) is 0 Å². The third-order valence-electron chi connectivity index (χ3n) is 3.83. The van der Waals surface area contributed by atoms with Crippen molar-refractivity contribution in [1.29, 1.82) is 0 Å². The van der Waals surface area contributed by atoms with Gasteiger partial charge in [-0.3, -0.25) is 0 Å². The fourth-order valence-electron chi connectivity index (χ4n) is 2.47. The highest BCUT2D eigenvalue weighted by molar-refractivity contribution is 5.44. The van der Waals surface area contributed by atoms with Crippen LogP contribution in [-0.2, 0) is 6.61 Å². The normalized spacial score (nSPS) is 20.5. The van der Waals surface area contributed by atoms with Crippen molar-refractivity contribution in [3.05, 3.63) is 23.6 Å². The molecule has 1 unspecified atom stereocenters. The van der Waals surface area contributed by atoms with Crippen molar-refractivity contribution >= 4 is 5.82 Å². The monoisotopic (exact) mass is 252 g/mol. The molecule has 2 heterocycles. The average molecular weight is 252 g/mol. The molecule has 0 radical (unpaired) electrons. The smallest absolute Gasteiger partial charge is 0.171 e. The highest BCUT2D eigenvalue weighted by atomic mass is 19.1. The highest BCUT2D eigenvalue weighted by Gasteiger charge is 2.33. The van der Waals surface area contributed by atoms with Crippen LogP contribution in [0.15, 0.2) is 12.3 Å². The Kier molecular flexibility index (Phi) is 3.57. The maximum atomic E-state index is 14.1. The van der Waals surface area contributed by atoms with Gasteiger partial charge in [0, 0.05) is 24.8 Å². The van der Waals surface area contributed by atoms with E-state index in [0.29, 0.717) is 17.3 Å². The van der Waals surface area contributed by atoms with Gasteiger partial charge in [0.15, 0.2) is 11.6 Å². The standard InChI is InChI=1S/C14H21FN2O/c1-14(2,3)11-5-7-17(8-11)13-12(15)10(9-18)4-6-16-13/h4,6,11,18H,5,7-9H2,1-3H3. The van der Waals surface area contributed by atoms with Gasteiger partial charge in [-0.1, -0.05) is 20.8 Å². The van der Waals surface area contributed by atoms with Crippen LogP contribution in [-0.4, -0.2) is 23.2 Å². The summed E-state index contributed by atoms with van der Waals surface area (Å²) in [5, 5.41) is 9.08. The van der Waals surface area contributed by atoms with Gasteiger partial charge in [-0.05, 0) is 23.8 Å². The zero-order valence-corrected chi connectivity index (χ0v) is 11.3. The predicted molar refractivity (Wildman–Crippen MR) is 69.9 cm³/mol. The minimum atomic E-state index is -0.380. The highest BCUT2D eigenvalue weighted by Crippen LogP contribution is 2.35. The minimum absolute atomic E-state index is 0.236. The molecule has 1 N–H and O–H groups in total. The summed E-state index contributed by atoms with van der Waals surface area (Å²) >= 11 is 0. The van der Waals surface area contributed by atoms with Gasteiger partial charge in [-0.25, -0.2) is 9.37 Å². The largest absolute Gasteiger partial charge is 0.392 e. The number of aliphatic hydroxyl groups excluding tert-OH is 1. The van der Waals surface area contributed by atoms with E-state index < -0.39 is 0 Å². The minimum Gasteiger partial charge on any atom is -0.392 e. The van der Waals surface area contributed by atoms with Crippen molar-refractivity contribution in [2.75, 3.05) is 18.0 Å². The summed E-state index contributed by atoms with van der Waals surface area (Å²) in [4.78, 5) is 6.12. The van der Waals surface area contributed by atoms with E-state index in [1.165, 1.54) is 6.07 Å². The molecule has 0 aromatic carbocycles. The number of pyridine rings is 1. The van der Waals surface area contributed by atoms with Crippen molar-refractivity contribution in [3.63, 3.8) is 0 Å². The Bertz CT molecular complexity index is 428. The molecule has 1 saturated heterocycles. The zero-order chi connectivity index (χ0) is 13.3. The summed E-state index contributed by atoms with van der Waals surface area (Å²) in [7, 11) is 0. The Morgan fingerprint density at radius 3 is 2.78 bits per heavy atom. The number of rotatable bonds is 2. The molecular weight excluding hydrogens is 231 g/mol. The lowest BCUT2D eigenvalue weighted by Crippen LogP contribution is -2.27. The van der Waals surface area contributed by atoms with E-state index in [2.05, 4.69) is 25.8 Å². The number of halogens is 1. The lowest BCUT2D eigenvalue weighted by atomic mass is 9.80. The van der Waals surface area contributed by atoms with E-state index in [0.717, 1.165) is 19.5 Å². The molecule has 0 saturated carbocycles. The number of aliphatic hydroxyl groups is 1. The molecular formula is C14H21FN2O. The first-order chi connectivity index (χ1) is 8.43. The number of hydrogen-bond donors (Lipinski definition) is 1. The number of hydrogen-bond acceptors (Lipinski definition) is 3. The third kappa shape index (κ3) is 2.48. The molecule has 2 rings (SSSR count). The van der Waals surface area contributed by atoms with Crippen LogP contribution in [0.3, 0.4) is 0 Å². The van der Waals surface area contributed by atoms with Gasteiger partial charge in [0.05, 0.1) is 6.61 Å². The van der Waals surface area contributed by atoms with Crippen molar-refractivity contribution in [2.45, 2.75) is 33.8 Å². The first-order valence-electron chi connectivity index (χ1n) is 6.42. The van der Waals surface area contributed by atoms with Crippen LogP contribution < -0.4 is 4.90 Å². The first-order valence-corrected chi connectivity index (χ1v) is 6.42. The lowest BCUT2D eigenvalue weighted by Gasteiger charge is -2.27.